The standard InChI is InChI=1S/C20H25N3O2/c1-3-19(24)22-17-10-7-9-16(15-17)20(25)21-13-8-14-23(2)18-11-5-4-6-12-18/h4-7,9-12,15H,3,8,13-14H2,1-2H3,(H,21,25)(H,22,24). The highest BCUT2D eigenvalue weighted by molar-refractivity contribution is 5.97. The monoisotopic (exact) mass is 339 g/mol. The molecular weight excluding hydrogens is 314 g/mol. The minimum atomic E-state index is -0.130. The maximum Gasteiger partial charge on any atom is 0.251 e. The minimum Gasteiger partial charge on any atom is -0.375 e. The molecule has 2 rings (SSSR count). The van der Waals surface area contributed by atoms with E-state index in [2.05, 4.69) is 27.7 Å². The molecule has 2 aromatic carbocycles. The van der Waals surface area contributed by atoms with Crippen molar-refractivity contribution in [2.75, 3.05) is 30.4 Å². The summed E-state index contributed by atoms with van der Waals surface area (Å²) in [5.41, 5.74) is 2.35. The number of anilines is 2. The molecule has 0 spiro atoms. The van der Waals surface area contributed by atoms with E-state index in [1.54, 1.807) is 31.2 Å². The summed E-state index contributed by atoms with van der Waals surface area (Å²) in [6, 6.07) is 17.1. The van der Waals surface area contributed by atoms with Crippen molar-refractivity contribution in [2.24, 2.45) is 0 Å². The van der Waals surface area contributed by atoms with E-state index >= 15 is 0 Å². The quantitative estimate of drug-likeness (QED) is 0.726. The summed E-state index contributed by atoms with van der Waals surface area (Å²) < 4.78 is 0. The second-order valence-corrected chi connectivity index (χ2v) is 5.85. The number of benzene rings is 2. The zero-order valence-corrected chi connectivity index (χ0v) is 14.8. The molecular formula is C20H25N3O2. The summed E-state index contributed by atoms with van der Waals surface area (Å²) in [6.07, 6.45) is 1.26. The van der Waals surface area contributed by atoms with Crippen LogP contribution in [-0.4, -0.2) is 32.0 Å². The smallest absolute Gasteiger partial charge is 0.251 e. The van der Waals surface area contributed by atoms with Gasteiger partial charge in [-0.3, -0.25) is 9.59 Å². The molecule has 0 atom stereocenters. The van der Waals surface area contributed by atoms with Crippen molar-refractivity contribution in [2.45, 2.75) is 19.8 Å². The Hall–Kier alpha value is -2.82. The van der Waals surface area contributed by atoms with Gasteiger partial charge in [-0.05, 0) is 36.8 Å². The molecule has 5 nitrogen and oxygen atoms in total. The van der Waals surface area contributed by atoms with E-state index in [1.165, 1.54) is 0 Å². The van der Waals surface area contributed by atoms with Crippen LogP contribution in [0.15, 0.2) is 54.6 Å². The van der Waals surface area contributed by atoms with Crippen LogP contribution in [0.3, 0.4) is 0 Å². The second kappa shape index (κ2) is 9.47. The van der Waals surface area contributed by atoms with Gasteiger partial charge in [0.15, 0.2) is 0 Å². The third kappa shape index (κ3) is 5.95. The van der Waals surface area contributed by atoms with Crippen LogP contribution in [0, 0.1) is 0 Å². The van der Waals surface area contributed by atoms with Crippen LogP contribution in [0.4, 0.5) is 11.4 Å². The van der Waals surface area contributed by atoms with Crippen molar-refractivity contribution in [1.82, 2.24) is 5.32 Å². The number of nitrogens with one attached hydrogen (secondary N) is 2. The Labute approximate surface area is 149 Å². The zero-order valence-electron chi connectivity index (χ0n) is 14.8. The van der Waals surface area contributed by atoms with Crippen LogP contribution < -0.4 is 15.5 Å². The molecule has 0 saturated carbocycles. The fourth-order valence-electron chi connectivity index (χ4n) is 2.42. The maximum absolute atomic E-state index is 12.2. The van der Waals surface area contributed by atoms with E-state index in [0.717, 1.165) is 18.7 Å². The van der Waals surface area contributed by atoms with E-state index in [9.17, 15) is 9.59 Å². The molecule has 0 heterocycles. The summed E-state index contributed by atoms with van der Waals surface area (Å²) in [5.74, 6) is -0.198. The first-order valence-corrected chi connectivity index (χ1v) is 8.54. The van der Waals surface area contributed by atoms with E-state index in [0.29, 0.717) is 24.2 Å². The van der Waals surface area contributed by atoms with Crippen molar-refractivity contribution in [3.63, 3.8) is 0 Å². The third-order valence-corrected chi connectivity index (χ3v) is 3.88. The Bertz CT molecular complexity index is 701. The first-order valence-electron chi connectivity index (χ1n) is 8.54. The molecule has 25 heavy (non-hydrogen) atoms. The van der Waals surface area contributed by atoms with Gasteiger partial charge in [0.1, 0.15) is 0 Å². The van der Waals surface area contributed by atoms with Crippen LogP contribution in [0.5, 0.6) is 0 Å². The number of nitrogens with zero attached hydrogens (tertiary/aromatic N) is 1. The normalized spacial score (nSPS) is 10.2. The largest absolute Gasteiger partial charge is 0.375 e. The van der Waals surface area contributed by atoms with Gasteiger partial charge >= 0.3 is 0 Å². The fraction of sp³-hybridized carbons (Fsp3) is 0.300. The molecule has 132 valence electrons. The lowest BCUT2D eigenvalue weighted by molar-refractivity contribution is -0.115. The molecule has 0 bridgehead atoms. The minimum absolute atomic E-state index is 0.0680. The fourth-order valence-corrected chi connectivity index (χ4v) is 2.42. The van der Waals surface area contributed by atoms with Crippen LogP contribution in [0.25, 0.3) is 0 Å². The van der Waals surface area contributed by atoms with Gasteiger partial charge in [-0.2, -0.15) is 0 Å². The average molecular weight is 339 g/mol. The average Bonchev–Trinajstić information content (AvgIpc) is 2.65. The summed E-state index contributed by atoms with van der Waals surface area (Å²) in [6.45, 7) is 3.25. The number of carbonyl (C=O) groups is 2. The van der Waals surface area contributed by atoms with Gasteiger partial charge in [-0.1, -0.05) is 31.2 Å². The molecule has 2 N–H and O–H groups in total. The van der Waals surface area contributed by atoms with E-state index in [-0.39, 0.29) is 11.8 Å². The van der Waals surface area contributed by atoms with E-state index in [1.807, 2.05) is 25.2 Å². The lowest BCUT2D eigenvalue weighted by atomic mass is 10.2. The molecule has 0 aliphatic carbocycles. The van der Waals surface area contributed by atoms with Crippen molar-refractivity contribution >= 4 is 23.2 Å². The Morgan fingerprint density at radius 1 is 1.04 bits per heavy atom. The SMILES string of the molecule is CCC(=O)Nc1cccc(C(=O)NCCCN(C)c2ccccc2)c1. The summed E-state index contributed by atoms with van der Waals surface area (Å²) in [5, 5.41) is 5.68. The Morgan fingerprint density at radius 3 is 2.52 bits per heavy atom. The van der Waals surface area contributed by atoms with Gasteiger partial charge in [0.25, 0.3) is 5.91 Å². The Kier molecular flexibility index (Phi) is 7.01. The lowest BCUT2D eigenvalue weighted by Crippen LogP contribution is -2.28. The molecule has 0 unspecified atom stereocenters. The molecule has 0 aliphatic rings. The van der Waals surface area contributed by atoms with Gasteiger partial charge in [0.2, 0.25) is 5.91 Å². The van der Waals surface area contributed by atoms with Crippen molar-refractivity contribution in [3.8, 4) is 0 Å². The van der Waals surface area contributed by atoms with Gasteiger partial charge in [-0.15, -0.1) is 0 Å². The van der Waals surface area contributed by atoms with E-state index in [4.69, 9.17) is 0 Å². The third-order valence-electron chi connectivity index (χ3n) is 3.88. The van der Waals surface area contributed by atoms with Crippen LogP contribution in [-0.2, 0) is 4.79 Å². The topological polar surface area (TPSA) is 61.4 Å². The number of hydrogen-bond donors (Lipinski definition) is 2. The number of para-hydroxylation sites is 1. The first kappa shape index (κ1) is 18.5. The second-order valence-electron chi connectivity index (χ2n) is 5.85. The maximum atomic E-state index is 12.2. The summed E-state index contributed by atoms with van der Waals surface area (Å²) >= 11 is 0. The number of hydrogen-bond acceptors (Lipinski definition) is 3. The molecule has 0 fully saturated rings. The molecule has 0 saturated heterocycles. The summed E-state index contributed by atoms with van der Waals surface area (Å²) in [7, 11) is 2.04. The molecule has 5 heteroatoms. The molecule has 2 aromatic rings. The predicted octanol–water partition coefficient (Wildman–Crippen LogP) is 3.29. The van der Waals surface area contributed by atoms with Crippen LogP contribution in [0.1, 0.15) is 30.1 Å². The highest BCUT2D eigenvalue weighted by Gasteiger charge is 2.07. The van der Waals surface area contributed by atoms with Gasteiger partial charge < -0.3 is 15.5 Å². The molecule has 0 aromatic heterocycles. The van der Waals surface area contributed by atoms with Gasteiger partial charge in [0.05, 0.1) is 0 Å². The van der Waals surface area contributed by atoms with E-state index < -0.39 is 0 Å². The van der Waals surface area contributed by atoms with Crippen molar-refractivity contribution in [3.05, 3.63) is 60.2 Å². The Balaban J connectivity index is 1.78. The number of carbonyl (C=O) groups excluding carboxylic acids is 2. The van der Waals surface area contributed by atoms with Crippen LogP contribution >= 0.6 is 0 Å². The zero-order chi connectivity index (χ0) is 18.1. The summed E-state index contributed by atoms with van der Waals surface area (Å²) in [4.78, 5) is 25.8. The van der Waals surface area contributed by atoms with Crippen LogP contribution in [0.2, 0.25) is 0 Å². The van der Waals surface area contributed by atoms with Gasteiger partial charge in [-0.25, -0.2) is 0 Å². The van der Waals surface area contributed by atoms with Gasteiger partial charge in [0, 0.05) is 43.5 Å². The molecule has 0 aliphatic heterocycles. The lowest BCUT2D eigenvalue weighted by Gasteiger charge is -2.19. The molecule has 2 amide bonds. The number of amides is 2. The molecule has 0 radical (unpaired) electrons. The Morgan fingerprint density at radius 2 is 1.80 bits per heavy atom. The van der Waals surface area contributed by atoms with Crippen molar-refractivity contribution < 1.29 is 9.59 Å². The number of rotatable bonds is 8. The highest BCUT2D eigenvalue weighted by Crippen LogP contribution is 2.12. The predicted molar refractivity (Wildman–Crippen MR) is 102 cm³/mol. The highest BCUT2D eigenvalue weighted by atomic mass is 16.2. The first-order chi connectivity index (χ1) is 12.1. The van der Waals surface area contributed by atoms with Crippen molar-refractivity contribution in [1.29, 1.82) is 0 Å².